The topological polar surface area (TPSA) is 70.6 Å². The highest BCUT2D eigenvalue weighted by Gasteiger charge is 2.21. The van der Waals surface area contributed by atoms with Crippen molar-refractivity contribution in [2.45, 2.75) is 44.8 Å². The quantitative estimate of drug-likeness (QED) is 0.675. The number of aliphatic hydroxyl groups is 1. The van der Waals surface area contributed by atoms with Crippen LogP contribution in [-0.2, 0) is 4.74 Å². The SMILES string of the molecule is C[C@@H]1CCCC[C@@H]1OCCNC(=O)NC[C@@H](O)c1cccs1. The molecule has 0 unspecified atom stereocenters. The van der Waals surface area contributed by atoms with Crippen LogP contribution in [0.25, 0.3) is 0 Å². The van der Waals surface area contributed by atoms with Gasteiger partial charge >= 0.3 is 6.03 Å². The van der Waals surface area contributed by atoms with Gasteiger partial charge in [0, 0.05) is 11.4 Å². The van der Waals surface area contributed by atoms with Gasteiger partial charge in [-0.3, -0.25) is 0 Å². The Bertz CT molecular complexity index is 439. The molecule has 0 radical (unpaired) electrons. The molecule has 1 aromatic heterocycles. The highest BCUT2D eigenvalue weighted by Crippen LogP contribution is 2.25. The van der Waals surface area contributed by atoms with Crippen molar-refractivity contribution in [1.82, 2.24) is 10.6 Å². The lowest BCUT2D eigenvalue weighted by Crippen LogP contribution is -2.40. The Morgan fingerprint density at radius 2 is 2.27 bits per heavy atom. The van der Waals surface area contributed by atoms with E-state index in [1.54, 1.807) is 0 Å². The Morgan fingerprint density at radius 3 is 3.00 bits per heavy atom. The zero-order valence-electron chi connectivity index (χ0n) is 13.1. The molecule has 6 heteroatoms. The summed E-state index contributed by atoms with van der Waals surface area (Å²) in [5, 5.41) is 17.2. The summed E-state index contributed by atoms with van der Waals surface area (Å²) in [6.07, 6.45) is 4.58. The highest BCUT2D eigenvalue weighted by atomic mass is 32.1. The van der Waals surface area contributed by atoms with Gasteiger partial charge in [0.25, 0.3) is 0 Å². The zero-order valence-corrected chi connectivity index (χ0v) is 13.9. The second-order valence-corrected chi connectivity index (χ2v) is 6.82. The van der Waals surface area contributed by atoms with Crippen molar-refractivity contribution in [1.29, 1.82) is 0 Å². The van der Waals surface area contributed by atoms with E-state index >= 15 is 0 Å². The second-order valence-electron chi connectivity index (χ2n) is 5.84. The molecule has 0 saturated heterocycles. The van der Waals surface area contributed by atoms with Crippen molar-refractivity contribution >= 4 is 17.4 Å². The van der Waals surface area contributed by atoms with Crippen molar-refractivity contribution in [3.05, 3.63) is 22.4 Å². The van der Waals surface area contributed by atoms with Gasteiger partial charge < -0.3 is 20.5 Å². The van der Waals surface area contributed by atoms with Crippen LogP contribution in [0.15, 0.2) is 17.5 Å². The second kappa shape index (κ2) is 9.12. The molecule has 1 heterocycles. The van der Waals surface area contributed by atoms with Gasteiger partial charge in [0.15, 0.2) is 0 Å². The summed E-state index contributed by atoms with van der Waals surface area (Å²) < 4.78 is 5.84. The molecule has 3 N–H and O–H groups in total. The van der Waals surface area contributed by atoms with E-state index in [1.165, 1.54) is 30.6 Å². The zero-order chi connectivity index (χ0) is 15.8. The van der Waals surface area contributed by atoms with Crippen molar-refractivity contribution < 1.29 is 14.6 Å². The summed E-state index contributed by atoms with van der Waals surface area (Å²) in [6.45, 7) is 3.48. The van der Waals surface area contributed by atoms with E-state index < -0.39 is 6.10 Å². The first kappa shape index (κ1) is 17.2. The number of rotatable bonds is 7. The van der Waals surface area contributed by atoms with Gasteiger partial charge in [0.05, 0.1) is 19.3 Å². The Kier molecular flexibility index (Phi) is 7.15. The molecule has 2 rings (SSSR count). The average molecular weight is 326 g/mol. The molecule has 1 aromatic rings. The number of amides is 2. The van der Waals surface area contributed by atoms with Gasteiger partial charge in [0.2, 0.25) is 0 Å². The van der Waals surface area contributed by atoms with Gasteiger partial charge in [-0.1, -0.05) is 25.8 Å². The molecule has 0 bridgehead atoms. The van der Waals surface area contributed by atoms with E-state index in [0.29, 0.717) is 25.2 Å². The number of aliphatic hydroxyl groups excluding tert-OH is 1. The molecule has 124 valence electrons. The molecule has 3 atom stereocenters. The Morgan fingerprint density at radius 1 is 1.45 bits per heavy atom. The largest absolute Gasteiger partial charge is 0.386 e. The molecule has 5 nitrogen and oxygen atoms in total. The maximum atomic E-state index is 11.6. The summed E-state index contributed by atoms with van der Waals surface area (Å²) in [5.41, 5.74) is 0. The van der Waals surface area contributed by atoms with Gasteiger partial charge in [-0.2, -0.15) is 0 Å². The summed E-state index contributed by atoms with van der Waals surface area (Å²) in [4.78, 5) is 12.5. The number of carbonyl (C=O) groups is 1. The minimum atomic E-state index is -0.648. The third-order valence-corrected chi connectivity index (χ3v) is 5.05. The summed E-state index contributed by atoms with van der Waals surface area (Å²) in [6, 6.07) is 3.47. The van der Waals surface area contributed by atoms with E-state index in [4.69, 9.17) is 4.74 Å². The number of ether oxygens (including phenoxy) is 1. The first-order valence-corrected chi connectivity index (χ1v) is 8.89. The number of hydrogen-bond acceptors (Lipinski definition) is 4. The van der Waals surface area contributed by atoms with Crippen LogP contribution in [0.1, 0.15) is 43.6 Å². The minimum absolute atomic E-state index is 0.215. The van der Waals surface area contributed by atoms with E-state index in [0.717, 1.165) is 11.3 Å². The van der Waals surface area contributed by atoms with Crippen LogP contribution in [0.2, 0.25) is 0 Å². The average Bonchev–Trinajstić information content (AvgIpc) is 3.05. The van der Waals surface area contributed by atoms with Gasteiger partial charge in [-0.25, -0.2) is 4.79 Å². The van der Waals surface area contributed by atoms with Gasteiger partial charge in [-0.05, 0) is 30.2 Å². The maximum Gasteiger partial charge on any atom is 0.314 e. The molecule has 1 saturated carbocycles. The Hall–Kier alpha value is -1.11. The van der Waals surface area contributed by atoms with Crippen LogP contribution in [0.3, 0.4) is 0 Å². The molecule has 1 aliphatic rings. The van der Waals surface area contributed by atoms with Crippen molar-refractivity contribution in [3.8, 4) is 0 Å². The molecule has 0 aliphatic heterocycles. The number of urea groups is 1. The first-order valence-electron chi connectivity index (χ1n) is 8.01. The molecule has 0 aromatic carbocycles. The molecular weight excluding hydrogens is 300 g/mol. The van der Waals surface area contributed by atoms with E-state index in [1.807, 2.05) is 17.5 Å². The van der Waals surface area contributed by atoms with Gasteiger partial charge in [0.1, 0.15) is 6.10 Å². The van der Waals surface area contributed by atoms with Crippen molar-refractivity contribution in [3.63, 3.8) is 0 Å². The monoisotopic (exact) mass is 326 g/mol. The predicted octanol–water partition coefficient (Wildman–Crippen LogP) is 2.68. The molecule has 22 heavy (non-hydrogen) atoms. The van der Waals surface area contributed by atoms with Crippen molar-refractivity contribution in [2.75, 3.05) is 19.7 Å². The fraction of sp³-hybridized carbons (Fsp3) is 0.688. The fourth-order valence-corrected chi connectivity index (χ4v) is 3.45. The molecular formula is C16H26N2O3S. The molecule has 2 amide bonds. The van der Waals surface area contributed by atoms with E-state index in [-0.39, 0.29) is 12.6 Å². The Balaban J connectivity index is 1.54. The number of hydrogen-bond donors (Lipinski definition) is 3. The summed E-state index contributed by atoms with van der Waals surface area (Å²) in [7, 11) is 0. The van der Waals surface area contributed by atoms with Crippen LogP contribution in [0, 0.1) is 5.92 Å². The maximum absolute atomic E-state index is 11.6. The van der Waals surface area contributed by atoms with Gasteiger partial charge in [-0.15, -0.1) is 11.3 Å². The minimum Gasteiger partial charge on any atom is -0.386 e. The third kappa shape index (κ3) is 5.59. The highest BCUT2D eigenvalue weighted by molar-refractivity contribution is 7.10. The molecule has 1 aliphatic carbocycles. The lowest BCUT2D eigenvalue weighted by atomic mass is 9.88. The third-order valence-electron chi connectivity index (χ3n) is 4.08. The normalized spacial score (nSPS) is 23.0. The number of carbonyl (C=O) groups excluding carboxylic acids is 1. The number of thiophene rings is 1. The lowest BCUT2D eigenvalue weighted by Gasteiger charge is -2.28. The smallest absolute Gasteiger partial charge is 0.314 e. The molecule has 1 fully saturated rings. The van der Waals surface area contributed by atoms with Crippen LogP contribution < -0.4 is 10.6 Å². The summed E-state index contributed by atoms with van der Waals surface area (Å²) >= 11 is 1.48. The summed E-state index contributed by atoms with van der Waals surface area (Å²) in [5.74, 6) is 0.614. The Labute approximate surface area is 136 Å². The predicted molar refractivity (Wildman–Crippen MR) is 88.1 cm³/mol. The molecule has 0 spiro atoms. The van der Waals surface area contributed by atoms with Crippen LogP contribution >= 0.6 is 11.3 Å². The van der Waals surface area contributed by atoms with E-state index in [2.05, 4.69) is 17.6 Å². The van der Waals surface area contributed by atoms with E-state index in [9.17, 15) is 9.90 Å². The standard InChI is InChI=1S/C16H26N2O3S/c1-12-5-2-3-6-14(12)21-9-8-17-16(20)18-11-13(19)15-7-4-10-22-15/h4,7,10,12-14,19H,2-3,5-6,8-9,11H2,1H3,(H2,17,18,20)/t12-,13-,14+/m1/s1. The first-order chi connectivity index (χ1) is 10.7. The van der Waals surface area contributed by atoms with Crippen molar-refractivity contribution in [2.24, 2.45) is 5.92 Å². The van der Waals surface area contributed by atoms with Crippen LogP contribution in [0.4, 0.5) is 4.79 Å². The van der Waals surface area contributed by atoms with Crippen LogP contribution in [0.5, 0.6) is 0 Å². The number of nitrogens with one attached hydrogen (secondary N) is 2. The van der Waals surface area contributed by atoms with Crippen LogP contribution in [-0.4, -0.2) is 36.9 Å². The lowest BCUT2D eigenvalue weighted by molar-refractivity contribution is -0.00244. The fourth-order valence-electron chi connectivity index (χ4n) is 2.74.